The van der Waals surface area contributed by atoms with Gasteiger partial charge in [-0.2, -0.15) is 0 Å². The Bertz CT molecular complexity index is 321. The van der Waals surface area contributed by atoms with E-state index < -0.39 is 0 Å². The number of likely N-dealkylation sites (N-methyl/N-ethyl adjacent to an activating group) is 1. The van der Waals surface area contributed by atoms with Crippen LogP contribution in [0, 0.1) is 6.92 Å². The van der Waals surface area contributed by atoms with E-state index in [2.05, 4.69) is 40.9 Å². The molecule has 0 radical (unpaired) electrons. The van der Waals surface area contributed by atoms with Crippen molar-refractivity contribution in [2.24, 2.45) is 5.73 Å². The summed E-state index contributed by atoms with van der Waals surface area (Å²) < 4.78 is 1.22. The molecule has 0 spiro atoms. The van der Waals surface area contributed by atoms with Gasteiger partial charge in [0.15, 0.2) is 0 Å². The first-order valence-electron chi connectivity index (χ1n) is 5.31. The minimum atomic E-state index is 0.286. The lowest BCUT2D eigenvalue weighted by atomic mass is 9.96. The third kappa shape index (κ3) is 2.28. The minimum absolute atomic E-state index is 0.286. The fourth-order valence-electron chi connectivity index (χ4n) is 2.26. The number of hydrogen-bond acceptors (Lipinski definition) is 3. The van der Waals surface area contributed by atoms with Crippen LogP contribution in [-0.2, 0) is 0 Å². The summed E-state index contributed by atoms with van der Waals surface area (Å²) in [6.45, 7) is 3.31. The average molecular weight is 289 g/mol. The van der Waals surface area contributed by atoms with Gasteiger partial charge in [0, 0.05) is 20.3 Å². The molecule has 2 unspecified atom stereocenters. The van der Waals surface area contributed by atoms with Gasteiger partial charge in [-0.05, 0) is 55.4 Å². The number of nitrogens with zero attached hydrogens (tertiary/aromatic N) is 1. The van der Waals surface area contributed by atoms with Crippen LogP contribution in [0.4, 0.5) is 0 Å². The summed E-state index contributed by atoms with van der Waals surface area (Å²) in [6, 6.07) is 2.93. The van der Waals surface area contributed by atoms with Crippen LogP contribution in [0.5, 0.6) is 0 Å². The van der Waals surface area contributed by atoms with Gasteiger partial charge in [0.05, 0.1) is 6.04 Å². The van der Waals surface area contributed by atoms with E-state index in [1.54, 1.807) is 0 Å². The highest BCUT2D eigenvalue weighted by Crippen LogP contribution is 2.36. The molecule has 0 aromatic carbocycles. The highest BCUT2D eigenvalue weighted by Gasteiger charge is 2.29. The quantitative estimate of drug-likeness (QED) is 0.861. The molecule has 0 saturated carbocycles. The molecule has 2 N–H and O–H groups in total. The van der Waals surface area contributed by atoms with Crippen molar-refractivity contribution in [3.63, 3.8) is 0 Å². The Balaban J connectivity index is 2.27. The Morgan fingerprint density at radius 1 is 1.60 bits per heavy atom. The van der Waals surface area contributed by atoms with E-state index in [0.717, 1.165) is 13.0 Å². The Labute approximate surface area is 104 Å². The van der Waals surface area contributed by atoms with Crippen LogP contribution in [0.3, 0.4) is 0 Å². The number of halogens is 1. The SMILES string of the molecule is Cc1sc(C2C(N)CCCN2C)cc1Br. The lowest BCUT2D eigenvalue weighted by Crippen LogP contribution is -2.43. The van der Waals surface area contributed by atoms with Gasteiger partial charge in [0.2, 0.25) is 0 Å². The van der Waals surface area contributed by atoms with Crippen molar-refractivity contribution in [2.75, 3.05) is 13.6 Å². The molecule has 2 nitrogen and oxygen atoms in total. The number of nitrogens with two attached hydrogens (primary N) is 1. The minimum Gasteiger partial charge on any atom is -0.326 e. The van der Waals surface area contributed by atoms with Gasteiger partial charge >= 0.3 is 0 Å². The summed E-state index contributed by atoms with van der Waals surface area (Å²) >= 11 is 5.43. The maximum atomic E-state index is 6.21. The van der Waals surface area contributed by atoms with Gasteiger partial charge in [-0.15, -0.1) is 11.3 Å². The summed E-state index contributed by atoms with van der Waals surface area (Å²) in [6.07, 6.45) is 2.36. The Kier molecular flexibility index (Phi) is 3.50. The van der Waals surface area contributed by atoms with E-state index in [-0.39, 0.29) is 6.04 Å². The van der Waals surface area contributed by atoms with Crippen molar-refractivity contribution in [3.8, 4) is 0 Å². The highest BCUT2D eigenvalue weighted by atomic mass is 79.9. The van der Waals surface area contributed by atoms with Gasteiger partial charge in [-0.3, -0.25) is 4.90 Å². The van der Waals surface area contributed by atoms with Crippen molar-refractivity contribution in [2.45, 2.75) is 31.8 Å². The second-order valence-electron chi connectivity index (χ2n) is 4.28. The molecule has 0 amide bonds. The summed E-state index contributed by atoms with van der Waals surface area (Å²) in [5.74, 6) is 0. The lowest BCUT2D eigenvalue weighted by molar-refractivity contribution is 0.166. The first kappa shape index (κ1) is 11.6. The smallest absolute Gasteiger partial charge is 0.0591 e. The van der Waals surface area contributed by atoms with E-state index in [1.165, 1.54) is 20.6 Å². The lowest BCUT2D eigenvalue weighted by Gasteiger charge is -2.36. The molecule has 15 heavy (non-hydrogen) atoms. The third-order valence-corrected chi connectivity index (χ3v) is 5.30. The standard InChI is InChI=1S/C11H17BrN2S/c1-7-8(12)6-10(15-7)11-9(13)4-3-5-14(11)2/h6,9,11H,3-5,13H2,1-2H3. The number of piperidine rings is 1. The summed E-state index contributed by atoms with van der Waals surface area (Å²) in [4.78, 5) is 5.12. The second-order valence-corrected chi connectivity index (χ2v) is 6.43. The van der Waals surface area contributed by atoms with E-state index in [1.807, 2.05) is 11.3 Å². The summed E-state index contributed by atoms with van der Waals surface area (Å²) in [5, 5.41) is 0. The molecule has 1 aromatic rings. The van der Waals surface area contributed by atoms with Crippen molar-refractivity contribution >= 4 is 27.3 Å². The first-order valence-corrected chi connectivity index (χ1v) is 6.92. The van der Waals surface area contributed by atoms with Gasteiger partial charge in [0.25, 0.3) is 0 Å². The number of thiophene rings is 1. The van der Waals surface area contributed by atoms with Gasteiger partial charge < -0.3 is 5.73 Å². The highest BCUT2D eigenvalue weighted by molar-refractivity contribution is 9.10. The normalized spacial score (nSPS) is 28.3. The van der Waals surface area contributed by atoms with Crippen LogP contribution in [0.1, 0.15) is 28.6 Å². The molecular formula is C11H17BrN2S. The van der Waals surface area contributed by atoms with Crippen molar-refractivity contribution in [1.29, 1.82) is 0 Å². The Morgan fingerprint density at radius 3 is 2.87 bits per heavy atom. The molecule has 1 aromatic heterocycles. The summed E-state index contributed by atoms with van der Waals surface area (Å²) in [5.41, 5.74) is 6.21. The number of rotatable bonds is 1. The zero-order valence-electron chi connectivity index (χ0n) is 9.16. The van der Waals surface area contributed by atoms with Gasteiger partial charge in [-0.25, -0.2) is 0 Å². The molecule has 84 valence electrons. The van der Waals surface area contributed by atoms with Crippen LogP contribution in [0.2, 0.25) is 0 Å². The number of hydrogen-bond donors (Lipinski definition) is 1. The zero-order valence-corrected chi connectivity index (χ0v) is 11.6. The summed E-state index contributed by atoms with van der Waals surface area (Å²) in [7, 11) is 2.17. The molecular weight excluding hydrogens is 272 g/mol. The molecule has 2 rings (SSSR count). The van der Waals surface area contributed by atoms with Crippen molar-refractivity contribution in [1.82, 2.24) is 4.90 Å². The molecule has 1 saturated heterocycles. The largest absolute Gasteiger partial charge is 0.326 e. The maximum Gasteiger partial charge on any atom is 0.0591 e. The average Bonchev–Trinajstić information content (AvgIpc) is 2.46. The van der Waals surface area contributed by atoms with Crippen LogP contribution >= 0.6 is 27.3 Å². The molecule has 4 heteroatoms. The Hall–Kier alpha value is 0.100. The number of aryl methyl sites for hydroxylation is 1. The first-order chi connectivity index (χ1) is 7.09. The third-order valence-electron chi connectivity index (χ3n) is 3.10. The van der Waals surface area contributed by atoms with Crippen molar-refractivity contribution < 1.29 is 0 Å². The Morgan fingerprint density at radius 2 is 2.33 bits per heavy atom. The predicted molar refractivity (Wildman–Crippen MR) is 69.3 cm³/mol. The maximum absolute atomic E-state index is 6.21. The molecule has 2 heterocycles. The topological polar surface area (TPSA) is 29.3 Å². The van der Waals surface area contributed by atoms with Crippen LogP contribution in [0.15, 0.2) is 10.5 Å². The number of likely N-dealkylation sites (tertiary alicyclic amines) is 1. The molecule has 1 aliphatic rings. The monoisotopic (exact) mass is 288 g/mol. The van der Waals surface area contributed by atoms with E-state index >= 15 is 0 Å². The van der Waals surface area contributed by atoms with Crippen molar-refractivity contribution in [3.05, 3.63) is 20.3 Å². The van der Waals surface area contributed by atoms with Crippen LogP contribution in [0.25, 0.3) is 0 Å². The molecule has 2 atom stereocenters. The van der Waals surface area contributed by atoms with E-state index in [4.69, 9.17) is 5.73 Å². The molecule has 0 bridgehead atoms. The molecule has 1 aliphatic heterocycles. The zero-order chi connectivity index (χ0) is 11.0. The predicted octanol–water partition coefficient (Wildman–Crippen LogP) is 2.91. The molecule has 1 fully saturated rings. The second kappa shape index (κ2) is 4.53. The van der Waals surface area contributed by atoms with Crippen LogP contribution < -0.4 is 5.73 Å². The molecule has 0 aliphatic carbocycles. The van der Waals surface area contributed by atoms with E-state index in [9.17, 15) is 0 Å². The van der Waals surface area contributed by atoms with Crippen LogP contribution in [-0.4, -0.2) is 24.5 Å². The van der Waals surface area contributed by atoms with Gasteiger partial charge in [-0.1, -0.05) is 0 Å². The van der Waals surface area contributed by atoms with Gasteiger partial charge in [0.1, 0.15) is 0 Å². The fraction of sp³-hybridized carbons (Fsp3) is 0.636. The fourth-order valence-corrected chi connectivity index (χ4v) is 4.06. The van der Waals surface area contributed by atoms with E-state index in [0.29, 0.717) is 6.04 Å².